The highest BCUT2D eigenvalue weighted by Crippen LogP contribution is 2.45. The van der Waals surface area contributed by atoms with Gasteiger partial charge >= 0.3 is 6.18 Å². The van der Waals surface area contributed by atoms with Crippen LogP contribution in [-0.4, -0.2) is 28.6 Å². The minimum absolute atomic E-state index is 0.150. The van der Waals surface area contributed by atoms with Gasteiger partial charge in [-0.25, -0.2) is 0 Å². The van der Waals surface area contributed by atoms with Crippen LogP contribution in [0.15, 0.2) is 42.5 Å². The lowest BCUT2D eigenvalue weighted by atomic mass is 9.76. The second-order valence-electron chi connectivity index (χ2n) is 9.05. The summed E-state index contributed by atoms with van der Waals surface area (Å²) in [6, 6.07) is 13.1. The second kappa shape index (κ2) is 7.57. The Morgan fingerprint density at radius 3 is 2.58 bits per heavy atom. The summed E-state index contributed by atoms with van der Waals surface area (Å²) in [5.41, 5.74) is 0.0130. The van der Waals surface area contributed by atoms with Crippen LogP contribution in [0, 0.1) is 6.92 Å². The molecule has 3 N–H and O–H groups in total. The lowest BCUT2D eigenvalue weighted by Crippen LogP contribution is -2.59. The van der Waals surface area contributed by atoms with Crippen LogP contribution in [0.5, 0.6) is 5.75 Å². The van der Waals surface area contributed by atoms with Gasteiger partial charge < -0.3 is 14.8 Å². The average Bonchev–Trinajstić information content (AvgIpc) is 3.30. The van der Waals surface area contributed by atoms with Crippen LogP contribution in [0.25, 0.3) is 10.9 Å². The molecule has 0 spiro atoms. The highest BCUT2D eigenvalue weighted by Gasteiger charge is 2.56. The first-order chi connectivity index (χ1) is 14.5. The minimum Gasteiger partial charge on any atom is -0.493 e. The zero-order valence-electron chi connectivity index (χ0n) is 17.9. The quantitative estimate of drug-likeness (QED) is 0.474. The summed E-state index contributed by atoms with van der Waals surface area (Å²) < 4.78 is 47.9. The fourth-order valence-electron chi connectivity index (χ4n) is 4.44. The molecule has 166 valence electrons. The number of ether oxygens (including phenoxy) is 1. The van der Waals surface area contributed by atoms with Crippen molar-refractivity contribution in [2.24, 2.45) is 0 Å². The molecule has 0 saturated carbocycles. The fourth-order valence-corrected chi connectivity index (χ4v) is 4.44. The second-order valence-corrected chi connectivity index (χ2v) is 9.05. The molecule has 0 bridgehead atoms. The summed E-state index contributed by atoms with van der Waals surface area (Å²) in [7, 11) is 0. The maximum Gasteiger partial charge on any atom is 0.431 e. The normalized spacial score (nSPS) is 16.2. The van der Waals surface area contributed by atoms with Crippen LogP contribution in [0.4, 0.5) is 13.2 Å². The standard InChI is InChI=1S/C24H27F3N2O2/c1-15-10-17-8-9-31-21(17)19(11-15)22(2,3)14-23(30,24(25,26)27)28-13-18-12-16-6-4-5-7-20(16)29-18/h4-7,10-12,28-30H,8-9,13-14H2,1-3H3. The van der Waals surface area contributed by atoms with Crippen LogP contribution in [-0.2, 0) is 18.4 Å². The molecule has 1 aromatic heterocycles. The average molecular weight is 432 g/mol. The van der Waals surface area contributed by atoms with Crippen LogP contribution in [0.1, 0.15) is 42.7 Å². The van der Waals surface area contributed by atoms with Crippen molar-refractivity contribution in [1.29, 1.82) is 0 Å². The Morgan fingerprint density at radius 1 is 1.13 bits per heavy atom. The number of aryl methyl sites for hydroxylation is 1. The first kappa shape index (κ1) is 21.7. The van der Waals surface area contributed by atoms with E-state index in [1.165, 1.54) is 0 Å². The molecule has 1 atom stereocenters. The molecule has 0 amide bonds. The van der Waals surface area contributed by atoms with Gasteiger partial charge in [-0.15, -0.1) is 0 Å². The van der Waals surface area contributed by atoms with E-state index in [1.54, 1.807) is 19.9 Å². The Morgan fingerprint density at radius 2 is 1.87 bits per heavy atom. The maximum absolute atomic E-state index is 14.1. The van der Waals surface area contributed by atoms with E-state index in [0.29, 0.717) is 23.6 Å². The third-order valence-corrected chi connectivity index (χ3v) is 5.98. The molecule has 0 aliphatic carbocycles. The summed E-state index contributed by atoms with van der Waals surface area (Å²) in [5, 5.41) is 14.1. The molecule has 0 fully saturated rings. The molecular weight excluding hydrogens is 405 g/mol. The van der Waals surface area contributed by atoms with Crippen LogP contribution >= 0.6 is 0 Å². The van der Waals surface area contributed by atoms with Gasteiger partial charge in [0.15, 0.2) is 0 Å². The van der Waals surface area contributed by atoms with Crippen molar-refractivity contribution in [2.45, 2.75) is 57.5 Å². The van der Waals surface area contributed by atoms with E-state index in [-0.39, 0.29) is 6.54 Å². The number of para-hydroxylation sites is 1. The number of halogens is 3. The van der Waals surface area contributed by atoms with Crippen LogP contribution in [0.3, 0.4) is 0 Å². The third-order valence-electron chi connectivity index (χ3n) is 5.98. The van der Waals surface area contributed by atoms with E-state index >= 15 is 0 Å². The summed E-state index contributed by atoms with van der Waals surface area (Å²) in [4.78, 5) is 3.09. The summed E-state index contributed by atoms with van der Waals surface area (Å²) in [5.74, 6) is 0.649. The smallest absolute Gasteiger partial charge is 0.431 e. The highest BCUT2D eigenvalue weighted by molar-refractivity contribution is 5.80. The van der Waals surface area contributed by atoms with Crippen LogP contribution < -0.4 is 10.1 Å². The monoisotopic (exact) mass is 432 g/mol. The van der Waals surface area contributed by atoms with Gasteiger partial charge in [-0.1, -0.05) is 49.7 Å². The number of hydrogen-bond donors (Lipinski definition) is 3. The Balaban J connectivity index is 1.61. The van der Waals surface area contributed by atoms with E-state index in [4.69, 9.17) is 4.74 Å². The minimum atomic E-state index is -4.86. The molecule has 2 heterocycles. The Hall–Kier alpha value is -2.51. The van der Waals surface area contributed by atoms with Crippen molar-refractivity contribution >= 4 is 10.9 Å². The van der Waals surface area contributed by atoms with Crippen molar-refractivity contribution < 1.29 is 23.0 Å². The summed E-state index contributed by atoms with van der Waals surface area (Å²) >= 11 is 0. The van der Waals surface area contributed by atoms with E-state index in [2.05, 4.69) is 10.3 Å². The van der Waals surface area contributed by atoms with Gasteiger partial charge in [0, 0.05) is 36.2 Å². The third kappa shape index (κ3) is 4.16. The fraction of sp³-hybridized carbons (Fsp3) is 0.417. The molecule has 1 unspecified atom stereocenters. The Kier molecular flexibility index (Phi) is 5.30. The van der Waals surface area contributed by atoms with Gasteiger partial charge in [-0.05, 0) is 35.4 Å². The number of nitrogens with one attached hydrogen (secondary N) is 2. The first-order valence-electron chi connectivity index (χ1n) is 10.4. The predicted octanol–water partition coefficient (Wildman–Crippen LogP) is 5.12. The predicted molar refractivity (Wildman–Crippen MR) is 114 cm³/mol. The lowest BCUT2D eigenvalue weighted by molar-refractivity contribution is -0.280. The van der Waals surface area contributed by atoms with Crippen molar-refractivity contribution in [1.82, 2.24) is 10.3 Å². The van der Waals surface area contributed by atoms with E-state index < -0.39 is 23.7 Å². The molecule has 1 aliphatic rings. The van der Waals surface area contributed by atoms with Crippen molar-refractivity contribution in [3.05, 3.63) is 64.8 Å². The maximum atomic E-state index is 14.1. The van der Waals surface area contributed by atoms with Gasteiger partial charge in [0.05, 0.1) is 6.61 Å². The summed E-state index contributed by atoms with van der Waals surface area (Å²) in [6.07, 6.45) is -4.67. The van der Waals surface area contributed by atoms with Gasteiger partial charge in [-0.3, -0.25) is 5.32 Å². The zero-order chi connectivity index (χ0) is 22.4. The van der Waals surface area contributed by atoms with Gasteiger partial charge in [0.25, 0.3) is 0 Å². The van der Waals surface area contributed by atoms with E-state index in [9.17, 15) is 18.3 Å². The highest BCUT2D eigenvalue weighted by atomic mass is 19.4. The SMILES string of the molecule is Cc1cc2c(c(C(C)(C)CC(O)(NCc3cc4ccccc4[nH]3)C(F)(F)F)c1)OCC2. The topological polar surface area (TPSA) is 57.3 Å². The van der Waals surface area contributed by atoms with Crippen LogP contribution in [0.2, 0.25) is 0 Å². The number of fused-ring (bicyclic) bond motifs is 2. The lowest BCUT2D eigenvalue weighted by Gasteiger charge is -2.39. The molecular formula is C24H27F3N2O2. The molecule has 3 aromatic rings. The number of aliphatic hydroxyl groups is 1. The molecule has 2 aromatic carbocycles. The van der Waals surface area contributed by atoms with Gasteiger partial charge in [0.1, 0.15) is 5.75 Å². The van der Waals surface area contributed by atoms with Gasteiger partial charge in [-0.2, -0.15) is 13.2 Å². The number of alkyl halides is 3. The van der Waals surface area contributed by atoms with Crippen molar-refractivity contribution in [2.75, 3.05) is 6.61 Å². The Labute approximate surface area is 179 Å². The molecule has 1 aliphatic heterocycles. The van der Waals surface area contributed by atoms with Gasteiger partial charge in [0.2, 0.25) is 5.72 Å². The number of aromatic nitrogens is 1. The molecule has 31 heavy (non-hydrogen) atoms. The number of aromatic amines is 1. The molecule has 4 rings (SSSR count). The number of benzene rings is 2. The van der Waals surface area contributed by atoms with Crippen molar-refractivity contribution in [3.63, 3.8) is 0 Å². The number of hydrogen-bond acceptors (Lipinski definition) is 3. The number of H-pyrrole nitrogens is 1. The molecule has 0 saturated heterocycles. The molecule has 0 radical (unpaired) electrons. The largest absolute Gasteiger partial charge is 0.493 e. The summed E-state index contributed by atoms with van der Waals surface area (Å²) in [6.45, 7) is 5.71. The Bertz CT molecular complexity index is 1070. The van der Waals surface area contributed by atoms with E-state index in [0.717, 1.165) is 28.5 Å². The molecule has 4 nitrogen and oxygen atoms in total. The zero-order valence-corrected chi connectivity index (χ0v) is 17.9. The number of rotatable bonds is 6. The molecule has 7 heteroatoms. The van der Waals surface area contributed by atoms with E-state index in [1.807, 2.05) is 43.3 Å². The first-order valence-corrected chi connectivity index (χ1v) is 10.4. The van der Waals surface area contributed by atoms with Crippen molar-refractivity contribution in [3.8, 4) is 5.75 Å².